The van der Waals surface area contributed by atoms with Crippen LogP contribution in [0.25, 0.3) is 0 Å². The van der Waals surface area contributed by atoms with Crippen LogP contribution in [0.3, 0.4) is 0 Å². The summed E-state index contributed by atoms with van der Waals surface area (Å²) in [5.41, 5.74) is 6.65. The zero-order valence-corrected chi connectivity index (χ0v) is 8.22. The Labute approximate surface area is 70.4 Å². The number of rotatable bonds is 3. The molecular formula is C10H21N. The van der Waals surface area contributed by atoms with Gasteiger partial charge in [-0.1, -0.05) is 34.1 Å². The van der Waals surface area contributed by atoms with Crippen molar-refractivity contribution in [3.8, 4) is 0 Å². The summed E-state index contributed by atoms with van der Waals surface area (Å²) in [6, 6.07) is 0.440. The first-order valence-corrected chi connectivity index (χ1v) is 4.74. The van der Waals surface area contributed by atoms with Gasteiger partial charge in [-0.15, -0.1) is 0 Å². The summed E-state index contributed by atoms with van der Waals surface area (Å²) in [5, 5.41) is 0. The molecule has 1 nitrogen and oxygen atoms in total. The fourth-order valence-electron chi connectivity index (χ4n) is 1.83. The maximum atomic E-state index is 6.11. The van der Waals surface area contributed by atoms with Gasteiger partial charge < -0.3 is 5.73 Å². The molecule has 1 saturated carbocycles. The van der Waals surface area contributed by atoms with Crippen LogP contribution in [0.2, 0.25) is 0 Å². The second-order valence-electron chi connectivity index (χ2n) is 4.76. The number of hydrogen-bond acceptors (Lipinski definition) is 1. The highest BCUT2D eigenvalue weighted by molar-refractivity contribution is 5.01. The monoisotopic (exact) mass is 155 g/mol. The van der Waals surface area contributed by atoms with E-state index in [4.69, 9.17) is 5.73 Å². The molecule has 1 aliphatic carbocycles. The van der Waals surface area contributed by atoms with Crippen LogP contribution < -0.4 is 5.73 Å². The minimum Gasteiger partial charge on any atom is -0.327 e. The molecule has 3 atom stereocenters. The second-order valence-corrected chi connectivity index (χ2v) is 4.76. The van der Waals surface area contributed by atoms with Gasteiger partial charge in [0.05, 0.1) is 0 Å². The lowest BCUT2D eigenvalue weighted by Crippen LogP contribution is -2.31. The summed E-state index contributed by atoms with van der Waals surface area (Å²) >= 11 is 0. The number of nitrogens with two attached hydrogens (primary N) is 1. The second kappa shape index (κ2) is 2.78. The van der Waals surface area contributed by atoms with Crippen molar-refractivity contribution in [1.29, 1.82) is 0 Å². The highest BCUT2D eigenvalue weighted by Crippen LogP contribution is 2.54. The third-order valence-electron chi connectivity index (χ3n) is 3.36. The van der Waals surface area contributed by atoms with Gasteiger partial charge in [0.15, 0.2) is 0 Å². The van der Waals surface area contributed by atoms with Crippen molar-refractivity contribution in [3.05, 3.63) is 0 Å². The fraction of sp³-hybridized carbons (Fsp3) is 1.00. The molecule has 0 aliphatic heterocycles. The third kappa shape index (κ3) is 1.76. The molecule has 0 aromatic heterocycles. The Morgan fingerprint density at radius 3 is 2.27 bits per heavy atom. The van der Waals surface area contributed by atoms with Crippen LogP contribution in [-0.4, -0.2) is 6.04 Å². The van der Waals surface area contributed by atoms with Gasteiger partial charge in [0.25, 0.3) is 0 Å². The van der Waals surface area contributed by atoms with Gasteiger partial charge in [0.1, 0.15) is 0 Å². The first-order chi connectivity index (χ1) is 4.99. The van der Waals surface area contributed by atoms with Crippen molar-refractivity contribution in [3.63, 3.8) is 0 Å². The molecule has 11 heavy (non-hydrogen) atoms. The van der Waals surface area contributed by atoms with E-state index >= 15 is 0 Å². The van der Waals surface area contributed by atoms with Gasteiger partial charge in [0.2, 0.25) is 0 Å². The molecule has 2 N–H and O–H groups in total. The molecule has 0 spiro atoms. The van der Waals surface area contributed by atoms with Crippen molar-refractivity contribution in [2.45, 2.75) is 46.6 Å². The molecule has 0 aromatic rings. The predicted molar refractivity (Wildman–Crippen MR) is 49.3 cm³/mol. The first-order valence-electron chi connectivity index (χ1n) is 4.74. The summed E-state index contributed by atoms with van der Waals surface area (Å²) in [6.07, 6.45) is 2.55. The maximum absolute atomic E-state index is 6.11. The van der Waals surface area contributed by atoms with E-state index in [1.807, 2.05) is 0 Å². The summed E-state index contributed by atoms with van der Waals surface area (Å²) in [5.74, 6) is 1.49. The Morgan fingerprint density at radius 2 is 2.00 bits per heavy atom. The van der Waals surface area contributed by atoms with E-state index in [0.29, 0.717) is 17.4 Å². The molecule has 1 heteroatoms. The van der Waals surface area contributed by atoms with Crippen molar-refractivity contribution < 1.29 is 0 Å². The Hall–Kier alpha value is -0.0400. The zero-order valence-electron chi connectivity index (χ0n) is 8.22. The van der Waals surface area contributed by atoms with E-state index in [0.717, 1.165) is 5.92 Å². The third-order valence-corrected chi connectivity index (χ3v) is 3.36. The zero-order chi connectivity index (χ0) is 8.65. The average Bonchev–Trinajstić information content (AvgIpc) is 2.56. The van der Waals surface area contributed by atoms with E-state index in [2.05, 4.69) is 27.7 Å². The predicted octanol–water partition coefficient (Wildman–Crippen LogP) is 2.41. The molecule has 0 heterocycles. The lowest BCUT2D eigenvalue weighted by atomic mass is 9.92. The standard InChI is InChI=1S/C10H21N/c1-5-7(2)9(11)8-6-10(8,3)4/h7-9H,5-6,11H2,1-4H3. The molecule has 3 unspecified atom stereocenters. The fourth-order valence-corrected chi connectivity index (χ4v) is 1.83. The van der Waals surface area contributed by atoms with E-state index in [-0.39, 0.29) is 0 Å². The van der Waals surface area contributed by atoms with Crippen LogP contribution in [0.15, 0.2) is 0 Å². The molecule has 0 aromatic carbocycles. The Balaban J connectivity index is 2.39. The average molecular weight is 155 g/mol. The topological polar surface area (TPSA) is 26.0 Å². The molecule has 1 fully saturated rings. The SMILES string of the molecule is CCC(C)C(N)C1CC1(C)C. The van der Waals surface area contributed by atoms with Crippen molar-refractivity contribution >= 4 is 0 Å². The van der Waals surface area contributed by atoms with Crippen LogP contribution in [0.5, 0.6) is 0 Å². The summed E-state index contributed by atoms with van der Waals surface area (Å²) in [7, 11) is 0. The van der Waals surface area contributed by atoms with Crippen molar-refractivity contribution in [1.82, 2.24) is 0 Å². The molecule has 0 saturated heterocycles. The van der Waals surface area contributed by atoms with Crippen molar-refractivity contribution in [2.75, 3.05) is 0 Å². The van der Waals surface area contributed by atoms with Crippen molar-refractivity contribution in [2.24, 2.45) is 23.0 Å². The van der Waals surface area contributed by atoms with E-state index in [1.165, 1.54) is 12.8 Å². The van der Waals surface area contributed by atoms with E-state index < -0.39 is 0 Å². The molecule has 1 rings (SSSR count). The molecule has 0 bridgehead atoms. The van der Waals surface area contributed by atoms with Crippen LogP contribution >= 0.6 is 0 Å². The lowest BCUT2D eigenvalue weighted by Gasteiger charge is -2.19. The van der Waals surface area contributed by atoms with Crippen LogP contribution in [0, 0.1) is 17.3 Å². The van der Waals surface area contributed by atoms with Crippen LogP contribution in [0.1, 0.15) is 40.5 Å². The largest absolute Gasteiger partial charge is 0.327 e. The summed E-state index contributed by atoms with van der Waals surface area (Å²) in [4.78, 5) is 0. The summed E-state index contributed by atoms with van der Waals surface area (Å²) < 4.78 is 0. The van der Waals surface area contributed by atoms with Gasteiger partial charge in [-0.05, 0) is 23.7 Å². The molecule has 66 valence electrons. The maximum Gasteiger partial charge on any atom is 0.00981 e. The molecular weight excluding hydrogens is 134 g/mol. The number of hydrogen-bond donors (Lipinski definition) is 1. The van der Waals surface area contributed by atoms with Crippen LogP contribution in [0.4, 0.5) is 0 Å². The Bertz CT molecular complexity index is 140. The van der Waals surface area contributed by atoms with Gasteiger partial charge in [-0.3, -0.25) is 0 Å². The van der Waals surface area contributed by atoms with E-state index in [9.17, 15) is 0 Å². The van der Waals surface area contributed by atoms with Gasteiger partial charge in [-0.2, -0.15) is 0 Å². The Morgan fingerprint density at radius 1 is 1.55 bits per heavy atom. The smallest absolute Gasteiger partial charge is 0.00981 e. The lowest BCUT2D eigenvalue weighted by molar-refractivity contribution is 0.364. The molecule has 0 amide bonds. The van der Waals surface area contributed by atoms with Crippen LogP contribution in [-0.2, 0) is 0 Å². The Kier molecular flexibility index (Phi) is 2.29. The quantitative estimate of drug-likeness (QED) is 0.665. The molecule has 0 radical (unpaired) electrons. The normalized spacial score (nSPS) is 33.0. The highest BCUT2D eigenvalue weighted by Gasteiger charge is 2.49. The van der Waals surface area contributed by atoms with Gasteiger partial charge in [0, 0.05) is 6.04 Å². The van der Waals surface area contributed by atoms with Gasteiger partial charge in [-0.25, -0.2) is 0 Å². The van der Waals surface area contributed by atoms with E-state index in [1.54, 1.807) is 0 Å². The minimum atomic E-state index is 0.440. The van der Waals surface area contributed by atoms with Gasteiger partial charge >= 0.3 is 0 Å². The summed E-state index contributed by atoms with van der Waals surface area (Å²) in [6.45, 7) is 9.12. The highest BCUT2D eigenvalue weighted by atomic mass is 14.7. The minimum absolute atomic E-state index is 0.440. The molecule has 1 aliphatic rings. The first kappa shape index (κ1) is 9.05.